The molecule has 0 bridgehead atoms. The van der Waals surface area contributed by atoms with Crippen molar-refractivity contribution in [2.24, 2.45) is 0 Å². The number of hydrogen-bond acceptors (Lipinski definition) is 6. The highest BCUT2D eigenvalue weighted by molar-refractivity contribution is 5.87. The Labute approximate surface area is 192 Å². The molecule has 0 saturated heterocycles. The van der Waals surface area contributed by atoms with E-state index in [9.17, 15) is 18.0 Å². The normalized spacial score (nSPS) is 12.4. The van der Waals surface area contributed by atoms with Crippen LogP contribution in [0, 0.1) is 6.92 Å². The van der Waals surface area contributed by atoms with Crippen molar-refractivity contribution < 1.29 is 23.1 Å². The van der Waals surface area contributed by atoms with Gasteiger partial charge in [-0.05, 0) is 61.4 Å². The topological polar surface area (TPSA) is 106 Å². The number of hydrogen-bond donors (Lipinski definition) is 2. The molecule has 0 aliphatic carbocycles. The van der Waals surface area contributed by atoms with Gasteiger partial charge in [0.1, 0.15) is 17.3 Å². The molecule has 1 atom stereocenters. The molecule has 1 aromatic carbocycles. The van der Waals surface area contributed by atoms with Crippen molar-refractivity contribution in [2.75, 3.05) is 5.32 Å². The third kappa shape index (κ3) is 5.03. The number of aromatic nitrogens is 5. The predicted molar refractivity (Wildman–Crippen MR) is 118 cm³/mol. The Morgan fingerprint density at radius 3 is 2.47 bits per heavy atom. The number of carboxylic acids is 1. The number of nitrogens with zero attached hydrogens (tertiary/aromatic N) is 5. The van der Waals surface area contributed by atoms with E-state index in [1.54, 1.807) is 35.1 Å². The lowest BCUT2D eigenvalue weighted by atomic mass is 10.1. The summed E-state index contributed by atoms with van der Waals surface area (Å²) in [5, 5.41) is 20.2. The van der Waals surface area contributed by atoms with Crippen LogP contribution in [-0.2, 0) is 6.18 Å². The van der Waals surface area contributed by atoms with Crippen LogP contribution in [0.15, 0.2) is 60.9 Å². The van der Waals surface area contributed by atoms with Gasteiger partial charge in [0.15, 0.2) is 0 Å². The number of benzene rings is 1. The number of carbonyl (C=O) groups is 1. The van der Waals surface area contributed by atoms with Gasteiger partial charge in [-0.3, -0.25) is 0 Å². The molecule has 11 heteroatoms. The number of anilines is 2. The number of pyridine rings is 2. The highest BCUT2D eigenvalue weighted by Gasteiger charge is 2.30. The van der Waals surface area contributed by atoms with Crippen LogP contribution < -0.4 is 5.32 Å². The first-order chi connectivity index (χ1) is 16.1. The van der Waals surface area contributed by atoms with E-state index in [0.29, 0.717) is 17.2 Å². The molecule has 0 radical (unpaired) electrons. The van der Waals surface area contributed by atoms with E-state index in [4.69, 9.17) is 5.11 Å². The molecule has 8 nitrogen and oxygen atoms in total. The van der Waals surface area contributed by atoms with E-state index >= 15 is 0 Å². The van der Waals surface area contributed by atoms with E-state index in [0.717, 1.165) is 29.5 Å². The summed E-state index contributed by atoms with van der Waals surface area (Å²) in [6.45, 7) is 3.72. The molecule has 174 valence electrons. The van der Waals surface area contributed by atoms with Gasteiger partial charge in [-0.15, -0.1) is 5.10 Å². The molecule has 0 saturated carbocycles. The number of aryl methyl sites for hydroxylation is 1. The average Bonchev–Trinajstić information content (AvgIpc) is 3.28. The summed E-state index contributed by atoms with van der Waals surface area (Å²) in [7, 11) is 0. The summed E-state index contributed by atoms with van der Waals surface area (Å²) < 4.78 is 40.6. The summed E-state index contributed by atoms with van der Waals surface area (Å²) >= 11 is 0. The maximum Gasteiger partial charge on any atom is 0.416 e. The molecular formula is C23H19F3N6O2. The van der Waals surface area contributed by atoms with Crippen LogP contribution >= 0.6 is 0 Å². The number of halogens is 3. The summed E-state index contributed by atoms with van der Waals surface area (Å²) in [5.41, 5.74) is 1.98. The van der Waals surface area contributed by atoms with Crippen molar-refractivity contribution in [3.8, 4) is 11.4 Å². The molecule has 0 amide bonds. The number of carboxylic acid groups (broad SMARTS) is 1. The summed E-state index contributed by atoms with van der Waals surface area (Å²) in [5.74, 6) is -0.674. The van der Waals surface area contributed by atoms with E-state index in [-0.39, 0.29) is 17.4 Å². The number of rotatable bonds is 6. The van der Waals surface area contributed by atoms with E-state index in [2.05, 4.69) is 25.6 Å². The molecule has 4 rings (SSSR count). The van der Waals surface area contributed by atoms with Gasteiger partial charge in [-0.2, -0.15) is 13.2 Å². The smallest absolute Gasteiger partial charge is 0.416 e. The van der Waals surface area contributed by atoms with E-state index in [1.807, 2.05) is 13.8 Å². The Morgan fingerprint density at radius 1 is 1.06 bits per heavy atom. The van der Waals surface area contributed by atoms with Gasteiger partial charge in [0.2, 0.25) is 0 Å². The monoisotopic (exact) mass is 468 g/mol. The molecular weight excluding hydrogens is 449 g/mol. The van der Waals surface area contributed by atoms with Crippen LogP contribution in [0.4, 0.5) is 24.8 Å². The molecule has 3 heterocycles. The van der Waals surface area contributed by atoms with Gasteiger partial charge >= 0.3 is 12.1 Å². The van der Waals surface area contributed by atoms with E-state index < -0.39 is 17.7 Å². The lowest BCUT2D eigenvalue weighted by Gasteiger charge is -2.12. The van der Waals surface area contributed by atoms with Gasteiger partial charge in [-0.25, -0.2) is 19.4 Å². The van der Waals surface area contributed by atoms with Gasteiger partial charge < -0.3 is 10.4 Å². The lowest BCUT2D eigenvalue weighted by Crippen LogP contribution is -2.08. The molecule has 34 heavy (non-hydrogen) atoms. The summed E-state index contributed by atoms with van der Waals surface area (Å²) in [6, 6.07) is 11.5. The minimum Gasteiger partial charge on any atom is -0.478 e. The van der Waals surface area contributed by atoms with Crippen molar-refractivity contribution >= 4 is 17.6 Å². The minimum absolute atomic E-state index is 0.0148. The number of nitrogens with one attached hydrogen (secondary N) is 1. The average molecular weight is 468 g/mol. The Morgan fingerprint density at radius 2 is 1.79 bits per heavy atom. The zero-order valence-electron chi connectivity index (χ0n) is 18.1. The van der Waals surface area contributed by atoms with Crippen LogP contribution in [0.25, 0.3) is 11.4 Å². The molecule has 0 fully saturated rings. The van der Waals surface area contributed by atoms with Crippen LogP contribution in [0.1, 0.15) is 40.0 Å². The van der Waals surface area contributed by atoms with Crippen LogP contribution in [-0.4, -0.2) is 36.0 Å². The predicted octanol–water partition coefficient (Wildman–Crippen LogP) is 5.11. The maximum absolute atomic E-state index is 13.0. The fraction of sp³-hybridized carbons (Fsp3) is 0.174. The highest BCUT2D eigenvalue weighted by Crippen LogP contribution is 2.31. The second-order valence-corrected chi connectivity index (χ2v) is 7.65. The molecule has 0 spiro atoms. The second kappa shape index (κ2) is 8.93. The Hall–Kier alpha value is -4.28. The van der Waals surface area contributed by atoms with Crippen LogP contribution in [0.2, 0.25) is 0 Å². The highest BCUT2D eigenvalue weighted by atomic mass is 19.4. The molecule has 3 aromatic heterocycles. The van der Waals surface area contributed by atoms with Crippen molar-refractivity contribution in [1.29, 1.82) is 0 Å². The molecule has 0 aliphatic heterocycles. The van der Waals surface area contributed by atoms with Crippen molar-refractivity contribution in [3.05, 3.63) is 83.2 Å². The van der Waals surface area contributed by atoms with Crippen molar-refractivity contribution in [3.63, 3.8) is 0 Å². The zero-order valence-corrected chi connectivity index (χ0v) is 18.1. The Kier molecular flexibility index (Phi) is 6.01. The fourth-order valence-electron chi connectivity index (χ4n) is 3.31. The fourth-order valence-corrected chi connectivity index (χ4v) is 3.31. The van der Waals surface area contributed by atoms with Crippen LogP contribution in [0.5, 0.6) is 0 Å². The zero-order chi connectivity index (χ0) is 24.5. The summed E-state index contributed by atoms with van der Waals surface area (Å²) in [6.07, 6.45) is -1.70. The SMILES string of the molecule is Cc1cc(Nc2cc(C(F)(F)F)ccn2)nc(-c2cn(C(C)c3ccc(C(=O)O)cc3)nn2)c1. The first-order valence-corrected chi connectivity index (χ1v) is 10.1. The maximum atomic E-state index is 13.0. The van der Waals surface area contributed by atoms with Crippen molar-refractivity contribution in [2.45, 2.75) is 26.1 Å². The third-order valence-corrected chi connectivity index (χ3v) is 5.12. The molecule has 4 aromatic rings. The molecule has 0 aliphatic rings. The van der Waals surface area contributed by atoms with Gasteiger partial charge in [-0.1, -0.05) is 17.3 Å². The molecule has 2 N–H and O–H groups in total. The van der Waals surface area contributed by atoms with Crippen molar-refractivity contribution in [1.82, 2.24) is 25.0 Å². The van der Waals surface area contributed by atoms with Gasteiger partial charge in [0, 0.05) is 6.20 Å². The molecule has 1 unspecified atom stereocenters. The number of aromatic carboxylic acids is 1. The first kappa shape index (κ1) is 22.9. The number of alkyl halides is 3. The second-order valence-electron chi connectivity index (χ2n) is 7.65. The van der Waals surface area contributed by atoms with Crippen LogP contribution in [0.3, 0.4) is 0 Å². The largest absolute Gasteiger partial charge is 0.478 e. The lowest BCUT2D eigenvalue weighted by molar-refractivity contribution is -0.137. The summed E-state index contributed by atoms with van der Waals surface area (Å²) in [4.78, 5) is 19.4. The first-order valence-electron chi connectivity index (χ1n) is 10.1. The van der Waals surface area contributed by atoms with Gasteiger partial charge in [0.05, 0.1) is 29.1 Å². The third-order valence-electron chi connectivity index (χ3n) is 5.12. The Balaban J connectivity index is 1.57. The minimum atomic E-state index is -4.48. The van der Waals surface area contributed by atoms with E-state index in [1.165, 1.54) is 12.1 Å². The standard InChI is InChI=1S/C23H19F3N6O2/c1-13-9-18(28-21(10-13)29-20-11-17(7-8-27-20)23(24,25)26)19-12-32(31-30-19)14(2)15-3-5-16(6-4-15)22(33)34/h3-12,14H,1-2H3,(H,33,34)(H,27,28,29). The quantitative estimate of drug-likeness (QED) is 0.405. The van der Waals surface area contributed by atoms with Gasteiger partial charge in [0.25, 0.3) is 0 Å². The Bertz CT molecular complexity index is 1340.